The molecule has 0 aromatic heterocycles. The van der Waals surface area contributed by atoms with Gasteiger partial charge in [0.05, 0.1) is 22.9 Å². The van der Waals surface area contributed by atoms with E-state index in [4.69, 9.17) is 0 Å². The zero-order valence-electron chi connectivity index (χ0n) is 20.2. The molecule has 1 saturated carbocycles. The molecule has 0 unspecified atom stereocenters. The molecule has 0 bridgehead atoms. The Bertz CT molecular complexity index is 1360. The van der Waals surface area contributed by atoms with Gasteiger partial charge >= 0.3 is 0 Å². The van der Waals surface area contributed by atoms with Crippen LogP contribution in [0.4, 0.5) is 5.69 Å². The number of nitrogens with zero attached hydrogens (tertiary/aromatic N) is 2. The van der Waals surface area contributed by atoms with E-state index in [0.29, 0.717) is 16.8 Å². The second kappa shape index (κ2) is 9.65. The largest absolute Gasteiger partial charge is 0.325 e. The van der Waals surface area contributed by atoms with Gasteiger partial charge in [-0.2, -0.15) is 9.57 Å². The Balaban J connectivity index is 1.59. The average Bonchev–Trinajstić information content (AvgIpc) is 3.60. The van der Waals surface area contributed by atoms with Gasteiger partial charge in [-0.1, -0.05) is 60.2 Å². The summed E-state index contributed by atoms with van der Waals surface area (Å²) < 4.78 is 28.8. The number of benzene rings is 3. The topological polar surface area (TPSA) is 90.3 Å². The van der Waals surface area contributed by atoms with Gasteiger partial charge in [-0.25, -0.2) is 8.42 Å². The maximum atomic E-state index is 13.8. The van der Waals surface area contributed by atoms with E-state index in [-0.39, 0.29) is 18.0 Å². The molecule has 0 atom stereocenters. The summed E-state index contributed by atoms with van der Waals surface area (Å²) in [5.41, 5.74) is 4.20. The molecule has 0 saturated heterocycles. The second-order valence-corrected chi connectivity index (χ2v) is 11.2. The molecule has 3 aromatic carbocycles. The number of carbonyl (C=O) groups is 1. The van der Waals surface area contributed by atoms with Gasteiger partial charge in [0, 0.05) is 12.2 Å². The molecular weight excluding hydrogens is 458 g/mol. The minimum Gasteiger partial charge on any atom is -0.325 e. The molecule has 35 heavy (non-hydrogen) atoms. The van der Waals surface area contributed by atoms with Gasteiger partial charge < -0.3 is 5.32 Å². The molecular formula is C28H29N3O3S. The average molecular weight is 488 g/mol. The number of nitriles is 1. The highest BCUT2D eigenvalue weighted by atomic mass is 32.2. The van der Waals surface area contributed by atoms with E-state index in [1.807, 2.05) is 61.5 Å². The molecule has 0 spiro atoms. The summed E-state index contributed by atoms with van der Waals surface area (Å²) in [4.78, 5) is 13.2. The highest BCUT2D eigenvalue weighted by molar-refractivity contribution is 7.89. The second-order valence-electron chi connectivity index (χ2n) is 9.31. The molecule has 4 rings (SSSR count). The van der Waals surface area contributed by atoms with Gasteiger partial charge in [0.15, 0.2) is 0 Å². The van der Waals surface area contributed by atoms with Gasteiger partial charge in [-0.05, 0) is 68.0 Å². The lowest BCUT2D eigenvalue weighted by Gasteiger charge is -2.24. The highest BCUT2D eigenvalue weighted by Crippen LogP contribution is 2.47. The third-order valence-electron chi connectivity index (χ3n) is 6.41. The summed E-state index contributed by atoms with van der Waals surface area (Å²) in [6.07, 6.45) is 1.69. The molecule has 7 heteroatoms. The summed E-state index contributed by atoms with van der Waals surface area (Å²) >= 11 is 0. The van der Waals surface area contributed by atoms with Crippen molar-refractivity contribution in [1.29, 1.82) is 5.26 Å². The molecule has 1 amide bonds. The van der Waals surface area contributed by atoms with Crippen molar-refractivity contribution < 1.29 is 13.2 Å². The van der Waals surface area contributed by atoms with E-state index in [1.165, 1.54) is 4.31 Å². The van der Waals surface area contributed by atoms with Crippen molar-refractivity contribution in [3.63, 3.8) is 0 Å². The number of hydrogen-bond acceptors (Lipinski definition) is 4. The van der Waals surface area contributed by atoms with Crippen LogP contribution >= 0.6 is 0 Å². The summed E-state index contributed by atoms with van der Waals surface area (Å²) in [7, 11) is -3.95. The van der Waals surface area contributed by atoms with Crippen molar-refractivity contribution >= 4 is 21.6 Å². The van der Waals surface area contributed by atoms with Gasteiger partial charge in [0.25, 0.3) is 0 Å². The number of aryl methyl sites for hydroxylation is 3. The van der Waals surface area contributed by atoms with Crippen molar-refractivity contribution in [2.75, 3.05) is 11.9 Å². The summed E-state index contributed by atoms with van der Waals surface area (Å²) in [5, 5.41) is 12.2. The Labute approximate surface area is 207 Å². The van der Waals surface area contributed by atoms with Crippen LogP contribution in [0.5, 0.6) is 0 Å². The van der Waals surface area contributed by atoms with E-state index in [1.54, 1.807) is 26.0 Å². The van der Waals surface area contributed by atoms with E-state index >= 15 is 0 Å². The van der Waals surface area contributed by atoms with Gasteiger partial charge in [0.2, 0.25) is 15.9 Å². The van der Waals surface area contributed by atoms with Crippen LogP contribution in [-0.2, 0) is 26.8 Å². The van der Waals surface area contributed by atoms with Gasteiger partial charge in [-0.15, -0.1) is 0 Å². The normalized spacial score (nSPS) is 14.4. The molecule has 1 fully saturated rings. The first-order valence-electron chi connectivity index (χ1n) is 11.6. The van der Waals surface area contributed by atoms with Crippen LogP contribution in [0.1, 0.15) is 40.7 Å². The van der Waals surface area contributed by atoms with Crippen LogP contribution in [0.15, 0.2) is 71.6 Å². The number of anilines is 1. The first kappa shape index (κ1) is 24.6. The summed E-state index contributed by atoms with van der Waals surface area (Å²) in [6.45, 7) is 5.24. The number of amides is 1. The minimum absolute atomic E-state index is 0.0764. The SMILES string of the molecule is Cc1cc(C)c(S(=O)(=O)N(CC(=O)Nc2ccc(C3(C#N)CC3)cc2)Cc2ccccc2)c(C)c1. The van der Waals surface area contributed by atoms with Crippen molar-refractivity contribution in [3.8, 4) is 6.07 Å². The number of rotatable bonds is 8. The third kappa shape index (κ3) is 5.29. The predicted octanol–water partition coefficient (Wildman–Crippen LogP) is 5.00. The molecule has 0 radical (unpaired) electrons. The van der Waals surface area contributed by atoms with E-state index in [2.05, 4.69) is 11.4 Å². The number of carbonyl (C=O) groups excluding carboxylic acids is 1. The maximum absolute atomic E-state index is 13.8. The Kier molecular flexibility index (Phi) is 6.79. The molecule has 1 aliphatic rings. The Hall–Kier alpha value is -3.47. The first-order valence-corrected chi connectivity index (χ1v) is 13.0. The number of hydrogen-bond donors (Lipinski definition) is 1. The van der Waals surface area contributed by atoms with Crippen LogP contribution in [0.25, 0.3) is 0 Å². The molecule has 1 N–H and O–H groups in total. The summed E-state index contributed by atoms with van der Waals surface area (Å²) in [6, 6.07) is 22.5. The zero-order valence-corrected chi connectivity index (χ0v) is 21.0. The monoisotopic (exact) mass is 487 g/mol. The van der Waals surface area contributed by atoms with E-state index in [9.17, 15) is 18.5 Å². The lowest BCUT2D eigenvalue weighted by molar-refractivity contribution is -0.116. The Morgan fingerprint density at radius 2 is 1.60 bits per heavy atom. The molecule has 1 aliphatic carbocycles. The molecule has 3 aromatic rings. The first-order chi connectivity index (χ1) is 16.6. The molecule has 180 valence electrons. The quantitative estimate of drug-likeness (QED) is 0.484. The van der Waals surface area contributed by atoms with Crippen LogP contribution in [-0.4, -0.2) is 25.2 Å². The predicted molar refractivity (Wildman–Crippen MR) is 136 cm³/mol. The fourth-order valence-electron chi connectivity index (χ4n) is 4.54. The van der Waals surface area contributed by atoms with Gasteiger partial charge in [-0.3, -0.25) is 4.79 Å². The van der Waals surface area contributed by atoms with Crippen molar-refractivity contribution in [2.45, 2.75) is 50.5 Å². The smallest absolute Gasteiger partial charge is 0.244 e. The van der Waals surface area contributed by atoms with E-state index in [0.717, 1.165) is 29.5 Å². The molecule has 0 heterocycles. The fraction of sp³-hybridized carbons (Fsp3) is 0.286. The van der Waals surface area contributed by atoms with Crippen LogP contribution in [0.2, 0.25) is 0 Å². The highest BCUT2D eigenvalue weighted by Gasteiger charge is 2.44. The van der Waals surface area contributed by atoms with Crippen molar-refractivity contribution in [2.24, 2.45) is 0 Å². The third-order valence-corrected chi connectivity index (χ3v) is 8.51. The maximum Gasteiger partial charge on any atom is 0.244 e. The van der Waals surface area contributed by atoms with Crippen LogP contribution < -0.4 is 5.32 Å². The van der Waals surface area contributed by atoms with Crippen molar-refractivity contribution in [1.82, 2.24) is 4.31 Å². The van der Waals surface area contributed by atoms with Gasteiger partial charge in [0.1, 0.15) is 0 Å². The Morgan fingerprint density at radius 1 is 1.00 bits per heavy atom. The zero-order chi connectivity index (χ0) is 25.2. The Morgan fingerprint density at radius 3 is 2.14 bits per heavy atom. The minimum atomic E-state index is -3.95. The van der Waals surface area contributed by atoms with E-state index < -0.39 is 21.3 Å². The fourth-order valence-corrected chi connectivity index (χ4v) is 6.34. The molecule has 0 aliphatic heterocycles. The lowest BCUT2D eigenvalue weighted by Crippen LogP contribution is -2.38. The van der Waals surface area contributed by atoms with Crippen molar-refractivity contribution in [3.05, 3.63) is 94.5 Å². The number of nitrogens with one attached hydrogen (secondary N) is 1. The molecule has 6 nitrogen and oxygen atoms in total. The standard InChI is InChI=1S/C28H29N3O3S/c1-20-15-21(2)27(22(3)16-20)35(33,34)31(17-23-7-5-4-6-8-23)18-26(32)30-25-11-9-24(10-12-25)28(19-29)13-14-28/h4-12,15-16H,13-14,17-18H2,1-3H3,(H,30,32). The van der Waals surface area contributed by atoms with Crippen LogP contribution in [0.3, 0.4) is 0 Å². The van der Waals surface area contributed by atoms with Crippen LogP contribution in [0, 0.1) is 32.1 Å². The lowest BCUT2D eigenvalue weighted by atomic mass is 9.98. The number of sulfonamides is 1. The summed E-state index contributed by atoms with van der Waals surface area (Å²) in [5.74, 6) is -0.430.